The zero-order valence-electron chi connectivity index (χ0n) is 9.03. The van der Waals surface area contributed by atoms with Crippen molar-refractivity contribution < 1.29 is 14.6 Å². The van der Waals surface area contributed by atoms with Gasteiger partial charge in [0.25, 0.3) is 0 Å². The van der Waals surface area contributed by atoms with E-state index in [1.54, 1.807) is 6.08 Å². The van der Waals surface area contributed by atoms with Crippen LogP contribution in [0.25, 0.3) is 0 Å². The van der Waals surface area contributed by atoms with Crippen LogP contribution in [-0.2, 0) is 9.53 Å². The predicted molar refractivity (Wildman–Crippen MR) is 55.9 cm³/mol. The Labute approximate surface area is 85.8 Å². The van der Waals surface area contributed by atoms with Crippen molar-refractivity contribution in [1.82, 2.24) is 0 Å². The van der Waals surface area contributed by atoms with Crippen molar-refractivity contribution in [2.75, 3.05) is 7.11 Å². The molecule has 3 nitrogen and oxygen atoms in total. The topological polar surface area (TPSA) is 46.5 Å². The number of carbonyl (C=O) groups excluding carboxylic acids is 1. The number of aliphatic hydroxyl groups is 1. The molecule has 1 atom stereocenters. The van der Waals surface area contributed by atoms with Crippen LogP contribution in [0.5, 0.6) is 0 Å². The largest absolute Gasteiger partial charge is 0.466 e. The molecule has 0 radical (unpaired) electrons. The van der Waals surface area contributed by atoms with Crippen molar-refractivity contribution in [1.29, 1.82) is 0 Å². The molecular weight excluding hydrogens is 180 g/mol. The van der Waals surface area contributed by atoms with Gasteiger partial charge in [0, 0.05) is 6.08 Å². The number of ether oxygens (including phenoxy) is 1. The summed E-state index contributed by atoms with van der Waals surface area (Å²) in [5.74, 6) is -0.370. The molecule has 0 spiro atoms. The Hall–Kier alpha value is -0.830. The lowest BCUT2D eigenvalue weighted by atomic mass is 10.1. The van der Waals surface area contributed by atoms with Crippen molar-refractivity contribution in [3.05, 3.63) is 12.2 Å². The van der Waals surface area contributed by atoms with Crippen LogP contribution >= 0.6 is 0 Å². The molecule has 0 aromatic heterocycles. The van der Waals surface area contributed by atoms with E-state index in [-0.39, 0.29) is 12.1 Å². The normalized spacial score (nSPS) is 13.1. The molecule has 0 fully saturated rings. The number of rotatable bonds is 7. The molecule has 0 bridgehead atoms. The molecule has 0 aliphatic rings. The SMILES string of the molecule is CCCCCC(O)C/C=C/C(=O)OC. The van der Waals surface area contributed by atoms with Gasteiger partial charge in [0.1, 0.15) is 0 Å². The Morgan fingerprint density at radius 2 is 2.21 bits per heavy atom. The highest BCUT2D eigenvalue weighted by molar-refractivity contribution is 5.81. The molecule has 0 rings (SSSR count). The molecular formula is C11H20O3. The van der Waals surface area contributed by atoms with Crippen LogP contribution in [0, 0.1) is 0 Å². The van der Waals surface area contributed by atoms with Crippen molar-refractivity contribution in [3.8, 4) is 0 Å². The van der Waals surface area contributed by atoms with Crippen LogP contribution in [0.15, 0.2) is 12.2 Å². The minimum absolute atomic E-state index is 0.331. The molecule has 1 unspecified atom stereocenters. The van der Waals surface area contributed by atoms with E-state index in [1.807, 2.05) is 0 Å². The smallest absolute Gasteiger partial charge is 0.330 e. The maximum Gasteiger partial charge on any atom is 0.330 e. The van der Waals surface area contributed by atoms with Gasteiger partial charge < -0.3 is 9.84 Å². The molecule has 0 aromatic carbocycles. The van der Waals surface area contributed by atoms with Gasteiger partial charge in [0.2, 0.25) is 0 Å². The Balaban J connectivity index is 3.47. The van der Waals surface area contributed by atoms with E-state index >= 15 is 0 Å². The van der Waals surface area contributed by atoms with E-state index < -0.39 is 0 Å². The zero-order valence-corrected chi connectivity index (χ0v) is 9.03. The van der Waals surface area contributed by atoms with Crippen molar-refractivity contribution in [2.24, 2.45) is 0 Å². The lowest BCUT2D eigenvalue weighted by molar-refractivity contribution is -0.134. The third-order valence-electron chi connectivity index (χ3n) is 2.00. The molecule has 0 amide bonds. The number of unbranched alkanes of at least 4 members (excludes halogenated alkanes) is 2. The third-order valence-corrected chi connectivity index (χ3v) is 2.00. The van der Waals surface area contributed by atoms with Crippen molar-refractivity contribution in [2.45, 2.75) is 45.1 Å². The van der Waals surface area contributed by atoms with Gasteiger partial charge in [-0.05, 0) is 12.8 Å². The predicted octanol–water partition coefficient (Wildman–Crippen LogP) is 2.05. The van der Waals surface area contributed by atoms with Crippen LogP contribution in [0.3, 0.4) is 0 Å². The van der Waals surface area contributed by atoms with Crippen molar-refractivity contribution >= 4 is 5.97 Å². The molecule has 14 heavy (non-hydrogen) atoms. The van der Waals surface area contributed by atoms with Gasteiger partial charge in [-0.1, -0.05) is 32.3 Å². The first-order valence-electron chi connectivity index (χ1n) is 5.13. The number of hydrogen-bond acceptors (Lipinski definition) is 3. The Morgan fingerprint density at radius 3 is 2.79 bits per heavy atom. The average molecular weight is 200 g/mol. The summed E-state index contributed by atoms with van der Waals surface area (Å²) in [6.07, 6.45) is 7.36. The van der Waals surface area contributed by atoms with Gasteiger partial charge in [-0.2, -0.15) is 0 Å². The summed E-state index contributed by atoms with van der Waals surface area (Å²) >= 11 is 0. The van der Waals surface area contributed by atoms with E-state index in [0.29, 0.717) is 6.42 Å². The highest BCUT2D eigenvalue weighted by Crippen LogP contribution is 2.06. The van der Waals surface area contributed by atoms with E-state index in [0.717, 1.165) is 25.7 Å². The van der Waals surface area contributed by atoms with Crippen LogP contribution < -0.4 is 0 Å². The minimum Gasteiger partial charge on any atom is -0.466 e. The molecule has 0 saturated carbocycles. The number of esters is 1. The fraction of sp³-hybridized carbons (Fsp3) is 0.727. The van der Waals surface area contributed by atoms with Gasteiger partial charge in [0.05, 0.1) is 13.2 Å². The standard InChI is InChI=1S/C11H20O3/c1-3-4-5-7-10(12)8-6-9-11(13)14-2/h6,9-10,12H,3-5,7-8H2,1-2H3/b9-6+. The Morgan fingerprint density at radius 1 is 1.50 bits per heavy atom. The molecule has 1 N–H and O–H groups in total. The number of carbonyl (C=O) groups is 1. The summed E-state index contributed by atoms with van der Waals surface area (Å²) in [5, 5.41) is 9.46. The second-order valence-electron chi connectivity index (χ2n) is 3.31. The summed E-state index contributed by atoms with van der Waals surface area (Å²) in [4.78, 5) is 10.7. The first kappa shape index (κ1) is 13.2. The summed E-state index contributed by atoms with van der Waals surface area (Å²) < 4.78 is 4.42. The number of hydrogen-bond donors (Lipinski definition) is 1. The number of aliphatic hydroxyl groups excluding tert-OH is 1. The van der Waals surface area contributed by atoms with Crippen LogP contribution in [0.2, 0.25) is 0 Å². The van der Waals surface area contributed by atoms with E-state index in [9.17, 15) is 9.90 Å². The highest BCUT2D eigenvalue weighted by atomic mass is 16.5. The van der Waals surface area contributed by atoms with E-state index in [1.165, 1.54) is 13.2 Å². The Bertz CT molecular complexity index is 175. The first-order valence-corrected chi connectivity index (χ1v) is 5.13. The average Bonchev–Trinajstić information content (AvgIpc) is 2.18. The summed E-state index contributed by atoms with van der Waals surface area (Å²) in [6, 6.07) is 0. The minimum atomic E-state index is -0.370. The second-order valence-corrected chi connectivity index (χ2v) is 3.31. The van der Waals surface area contributed by atoms with E-state index in [2.05, 4.69) is 11.7 Å². The monoisotopic (exact) mass is 200 g/mol. The lowest BCUT2D eigenvalue weighted by Gasteiger charge is -2.06. The maximum absolute atomic E-state index is 10.7. The molecule has 0 aliphatic heterocycles. The second kappa shape index (κ2) is 8.75. The summed E-state index contributed by atoms with van der Waals surface area (Å²) in [6.45, 7) is 2.13. The van der Waals surface area contributed by atoms with Crippen molar-refractivity contribution in [3.63, 3.8) is 0 Å². The molecule has 0 heterocycles. The zero-order chi connectivity index (χ0) is 10.8. The highest BCUT2D eigenvalue weighted by Gasteiger charge is 2.01. The quantitative estimate of drug-likeness (QED) is 0.388. The lowest BCUT2D eigenvalue weighted by Crippen LogP contribution is -2.04. The fourth-order valence-corrected chi connectivity index (χ4v) is 1.14. The van der Waals surface area contributed by atoms with Gasteiger partial charge in [0.15, 0.2) is 0 Å². The van der Waals surface area contributed by atoms with E-state index in [4.69, 9.17) is 0 Å². The molecule has 0 aromatic rings. The van der Waals surface area contributed by atoms with Crippen LogP contribution in [0.1, 0.15) is 39.0 Å². The van der Waals surface area contributed by atoms with Gasteiger partial charge >= 0.3 is 5.97 Å². The summed E-state index contributed by atoms with van der Waals surface area (Å²) in [5.41, 5.74) is 0. The summed E-state index contributed by atoms with van der Waals surface area (Å²) in [7, 11) is 1.34. The van der Waals surface area contributed by atoms with Gasteiger partial charge in [-0.3, -0.25) is 0 Å². The third kappa shape index (κ3) is 7.80. The molecule has 82 valence electrons. The van der Waals surface area contributed by atoms with Gasteiger partial charge in [-0.25, -0.2) is 4.79 Å². The molecule has 3 heteroatoms. The van der Waals surface area contributed by atoms with Gasteiger partial charge in [-0.15, -0.1) is 0 Å². The molecule has 0 saturated heterocycles. The first-order chi connectivity index (χ1) is 6.70. The maximum atomic E-state index is 10.7. The fourth-order valence-electron chi connectivity index (χ4n) is 1.14. The van der Waals surface area contributed by atoms with Crippen LogP contribution in [-0.4, -0.2) is 24.3 Å². The Kier molecular flexibility index (Phi) is 8.24. The van der Waals surface area contributed by atoms with Crippen LogP contribution in [0.4, 0.5) is 0 Å². The molecule has 0 aliphatic carbocycles. The number of methoxy groups -OCH3 is 1.